The molecule has 0 bridgehead atoms. The molecule has 2 rings (SSSR count). The molecule has 2 aromatic carbocycles. The number of hydrogen-bond acceptors (Lipinski definition) is 0. The first-order chi connectivity index (χ1) is 9.74. The van der Waals surface area contributed by atoms with Gasteiger partial charge in [0.25, 0.3) is 0 Å². The minimum Gasteiger partial charge on any atom is -0.0654 e. The largest absolute Gasteiger partial charge is 0.0654 e. The Morgan fingerprint density at radius 3 is 2.30 bits per heavy atom. The molecule has 0 unspecified atom stereocenters. The summed E-state index contributed by atoms with van der Waals surface area (Å²) < 4.78 is 0. The van der Waals surface area contributed by atoms with E-state index in [0.717, 1.165) is 0 Å². The maximum Gasteiger partial charge on any atom is -0.0152 e. The molecule has 0 nitrogen and oxygen atoms in total. The van der Waals surface area contributed by atoms with Crippen molar-refractivity contribution in [1.82, 2.24) is 0 Å². The van der Waals surface area contributed by atoms with Crippen LogP contribution in [0.25, 0.3) is 10.8 Å². The van der Waals surface area contributed by atoms with Gasteiger partial charge in [-0.15, -0.1) is 0 Å². The van der Waals surface area contributed by atoms with Gasteiger partial charge in [-0.1, -0.05) is 69.4 Å². The van der Waals surface area contributed by atoms with Crippen LogP contribution in [0.1, 0.15) is 62.1 Å². The van der Waals surface area contributed by atoms with E-state index >= 15 is 0 Å². The molecule has 0 saturated carbocycles. The van der Waals surface area contributed by atoms with Crippen molar-refractivity contribution in [2.45, 2.75) is 65.7 Å². The normalized spacial score (nSPS) is 11.2. The van der Waals surface area contributed by atoms with Gasteiger partial charge in [-0.05, 0) is 54.2 Å². The first-order valence-electron chi connectivity index (χ1n) is 8.22. The Kier molecular flexibility index (Phi) is 5.64. The predicted octanol–water partition coefficient (Wildman–Crippen LogP) is 6.36. The van der Waals surface area contributed by atoms with E-state index in [1.54, 1.807) is 5.56 Å². The van der Waals surface area contributed by atoms with Gasteiger partial charge in [-0.2, -0.15) is 0 Å². The van der Waals surface area contributed by atoms with Gasteiger partial charge >= 0.3 is 0 Å². The molecule has 0 heterocycles. The van der Waals surface area contributed by atoms with Crippen molar-refractivity contribution in [1.29, 1.82) is 0 Å². The molecule has 2 aromatic rings. The predicted molar refractivity (Wildman–Crippen MR) is 90.5 cm³/mol. The van der Waals surface area contributed by atoms with E-state index in [1.165, 1.54) is 66.8 Å². The lowest BCUT2D eigenvalue weighted by molar-refractivity contribution is 0.607. The molecule has 0 aliphatic rings. The zero-order valence-electron chi connectivity index (χ0n) is 13.3. The van der Waals surface area contributed by atoms with Crippen molar-refractivity contribution >= 4 is 10.8 Å². The summed E-state index contributed by atoms with van der Waals surface area (Å²) in [4.78, 5) is 0. The van der Waals surface area contributed by atoms with Crippen molar-refractivity contribution in [3.8, 4) is 0 Å². The lowest BCUT2D eigenvalue weighted by Gasteiger charge is -2.12. The number of benzene rings is 2. The van der Waals surface area contributed by atoms with E-state index < -0.39 is 0 Å². The molecule has 108 valence electrons. The highest BCUT2D eigenvalue weighted by atomic mass is 14.1. The van der Waals surface area contributed by atoms with Crippen molar-refractivity contribution in [3.05, 3.63) is 47.0 Å². The summed E-state index contributed by atoms with van der Waals surface area (Å²) in [6, 6.07) is 11.2. The Labute approximate surface area is 124 Å². The molecule has 0 heteroatoms. The van der Waals surface area contributed by atoms with Gasteiger partial charge in [-0.25, -0.2) is 0 Å². The number of hydrogen-bond donors (Lipinski definition) is 0. The van der Waals surface area contributed by atoms with Gasteiger partial charge in [0.05, 0.1) is 0 Å². The summed E-state index contributed by atoms with van der Waals surface area (Å²) in [6.45, 7) is 6.83. The molecule has 0 aliphatic heterocycles. The zero-order valence-corrected chi connectivity index (χ0v) is 13.3. The topological polar surface area (TPSA) is 0 Å². The van der Waals surface area contributed by atoms with E-state index in [1.807, 2.05) is 0 Å². The summed E-state index contributed by atoms with van der Waals surface area (Å²) in [5.41, 5.74) is 4.51. The summed E-state index contributed by atoms with van der Waals surface area (Å²) in [7, 11) is 0. The third kappa shape index (κ3) is 3.62. The lowest BCUT2D eigenvalue weighted by Crippen LogP contribution is -1.95. The van der Waals surface area contributed by atoms with Crippen LogP contribution in [-0.2, 0) is 6.42 Å². The first kappa shape index (κ1) is 15.1. The fraction of sp³-hybridized carbons (Fsp3) is 0.500. The highest BCUT2D eigenvalue weighted by molar-refractivity contribution is 5.87. The molecule has 0 amide bonds. The Morgan fingerprint density at radius 2 is 1.50 bits per heavy atom. The average molecular weight is 268 g/mol. The van der Waals surface area contributed by atoms with Gasteiger partial charge in [-0.3, -0.25) is 0 Å². The van der Waals surface area contributed by atoms with Crippen molar-refractivity contribution in [2.75, 3.05) is 0 Å². The summed E-state index contributed by atoms with van der Waals surface area (Å²) in [5.74, 6) is 0. The summed E-state index contributed by atoms with van der Waals surface area (Å²) >= 11 is 0. The molecular formula is C20H28. The monoisotopic (exact) mass is 268 g/mol. The summed E-state index contributed by atoms with van der Waals surface area (Å²) in [6.07, 6.45) is 9.50. The van der Waals surface area contributed by atoms with E-state index in [2.05, 4.69) is 51.1 Å². The molecule has 20 heavy (non-hydrogen) atoms. The number of aryl methyl sites for hydroxylation is 2. The van der Waals surface area contributed by atoms with Crippen LogP contribution in [0.3, 0.4) is 0 Å². The van der Waals surface area contributed by atoms with Crippen LogP contribution in [-0.4, -0.2) is 0 Å². The Hall–Kier alpha value is -1.30. The maximum absolute atomic E-state index is 2.41. The highest BCUT2D eigenvalue weighted by Crippen LogP contribution is 2.26. The average Bonchev–Trinajstić information content (AvgIpc) is 2.47. The van der Waals surface area contributed by atoms with Crippen molar-refractivity contribution < 1.29 is 0 Å². The van der Waals surface area contributed by atoms with Crippen LogP contribution >= 0.6 is 0 Å². The molecule has 0 N–H and O–H groups in total. The van der Waals surface area contributed by atoms with Crippen LogP contribution in [0, 0.1) is 13.8 Å². The zero-order chi connectivity index (χ0) is 14.4. The standard InChI is InChI=1S/C20H28/c1-4-5-6-7-8-9-12-18-15-19-13-10-11-14-20(19)17(3)16(18)2/h10-11,13-15H,4-9,12H2,1-3H3. The second kappa shape index (κ2) is 7.47. The quantitative estimate of drug-likeness (QED) is 0.512. The molecule has 0 aliphatic carbocycles. The van der Waals surface area contributed by atoms with Crippen LogP contribution in [0.5, 0.6) is 0 Å². The molecule has 0 saturated heterocycles. The number of rotatable bonds is 7. The van der Waals surface area contributed by atoms with E-state index in [9.17, 15) is 0 Å². The van der Waals surface area contributed by atoms with E-state index in [0.29, 0.717) is 0 Å². The van der Waals surface area contributed by atoms with Crippen molar-refractivity contribution in [2.24, 2.45) is 0 Å². The molecule has 0 fully saturated rings. The SMILES string of the molecule is CCCCCCCCc1cc2ccccc2c(C)c1C. The number of unbranched alkanes of at least 4 members (excludes halogenated alkanes) is 5. The van der Waals surface area contributed by atoms with Crippen LogP contribution in [0.15, 0.2) is 30.3 Å². The first-order valence-corrected chi connectivity index (χ1v) is 8.22. The van der Waals surface area contributed by atoms with E-state index in [-0.39, 0.29) is 0 Å². The molecule has 0 atom stereocenters. The van der Waals surface area contributed by atoms with Crippen LogP contribution in [0.2, 0.25) is 0 Å². The number of fused-ring (bicyclic) bond motifs is 1. The van der Waals surface area contributed by atoms with Gasteiger partial charge in [0, 0.05) is 0 Å². The minimum atomic E-state index is 1.24. The van der Waals surface area contributed by atoms with Gasteiger partial charge in [0.2, 0.25) is 0 Å². The minimum absolute atomic E-state index is 1.24. The second-order valence-electron chi connectivity index (χ2n) is 6.02. The molecule has 0 radical (unpaired) electrons. The lowest BCUT2D eigenvalue weighted by atomic mass is 9.93. The van der Waals surface area contributed by atoms with Crippen molar-refractivity contribution in [3.63, 3.8) is 0 Å². The Morgan fingerprint density at radius 1 is 0.800 bits per heavy atom. The molecule has 0 spiro atoms. The van der Waals surface area contributed by atoms with E-state index in [4.69, 9.17) is 0 Å². The Bertz CT molecular complexity index is 551. The molecule has 0 aromatic heterocycles. The van der Waals surface area contributed by atoms with Gasteiger partial charge in [0.15, 0.2) is 0 Å². The third-order valence-electron chi connectivity index (χ3n) is 4.54. The third-order valence-corrected chi connectivity index (χ3v) is 4.54. The van der Waals surface area contributed by atoms with Gasteiger partial charge in [0.1, 0.15) is 0 Å². The van der Waals surface area contributed by atoms with Crippen LogP contribution in [0.4, 0.5) is 0 Å². The fourth-order valence-electron chi connectivity index (χ4n) is 3.06. The second-order valence-corrected chi connectivity index (χ2v) is 6.02. The highest BCUT2D eigenvalue weighted by Gasteiger charge is 2.06. The van der Waals surface area contributed by atoms with Gasteiger partial charge < -0.3 is 0 Å². The maximum atomic E-state index is 2.41. The molecular weight excluding hydrogens is 240 g/mol. The smallest absolute Gasteiger partial charge is 0.0152 e. The Balaban J connectivity index is 2.01. The van der Waals surface area contributed by atoms with Crippen LogP contribution < -0.4 is 0 Å². The fourth-order valence-corrected chi connectivity index (χ4v) is 3.06. The summed E-state index contributed by atoms with van der Waals surface area (Å²) in [5, 5.41) is 2.81.